The normalized spacial score (nSPS) is 11.6. The lowest BCUT2D eigenvalue weighted by molar-refractivity contribution is -0.147. The number of guanidine groups is 1. The third-order valence-electron chi connectivity index (χ3n) is 2.97. The molecule has 0 aliphatic rings. The first-order valence-electron chi connectivity index (χ1n) is 7.22. The highest BCUT2D eigenvalue weighted by Crippen LogP contribution is 2.13. The van der Waals surface area contributed by atoms with Crippen molar-refractivity contribution in [2.75, 3.05) is 11.9 Å². The molecule has 0 saturated heterocycles. The van der Waals surface area contributed by atoms with Gasteiger partial charge in [0.05, 0.1) is 6.10 Å². The number of benzene rings is 1. The minimum absolute atomic E-state index is 0.0717. The fourth-order valence-corrected chi connectivity index (χ4v) is 1.75. The number of hydrogen-bond donors (Lipinski definition) is 2. The van der Waals surface area contributed by atoms with Gasteiger partial charge in [-0.2, -0.15) is 0 Å². The number of hydrogen-bond acceptors (Lipinski definition) is 3. The van der Waals surface area contributed by atoms with E-state index < -0.39 is 0 Å². The Morgan fingerprint density at radius 3 is 2.67 bits per heavy atom. The van der Waals surface area contributed by atoms with Crippen LogP contribution >= 0.6 is 0 Å². The van der Waals surface area contributed by atoms with E-state index in [1.807, 2.05) is 39.0 Å². The predicted molar refractivity (Wildman–Crippen MR) is 86.5 cm³/mol. The van der Waals surface area contributed by atoms with Crippen LogP contribution in [0.2, 0.25) is 0 Å². The summed E-state index contributed by atoms with van der Waals surface area (Å²) in [5.41, 5.74) is 9.16. The molecule has 116 valence electrons. The topological polar surface area (TPSA) is 76.7 Å². The average molecular weight is 291 g/mol. The van der Waals surface area contributed by atoms with Crippen molar-refractivity contribution in [1.82, 2.24) is 0 Å². The molecule has 0 amide bonds. The van der Waals surface area contributed by atoms with E-state index in [9.17, 15) is 4.79 Å². The predicted octanol–water partition coefficient (Wildman–Crippen LogP) is 2.76. The Balaban J connectivity index is 2.36. The molecule has 3 N–H and O–H groups in total. The van der Waals surface area contributed by atoms with Crippen molar-refractivity contribution in [3.63, 3.8) is 0 Å². The van der Waals surface area contributed by atoms with Crippen LogP contribution in [-0.2, 0) is 9.53 Å². The van der Waals surface area contributed by atoms with Gasteiger partial charge in [0.25, 0.3) is 0 Å². The van der Waals surface area contributed by atoms with Crippen molar-refractivity contribution >= 4 is 17.6 Å². The molecule has 5 heteroatoms. The molecule has 0 bridgehead atoms. The van der Waals surface area contributed by atoms with Crippen molar-refractivity contribution < 1.29 is 9.53 Å². The molecule has 21 heavy (non-hydrogen) atoms. The van der Waals surface area contributed by atoms with E-state index in [4.69, 9.17) is 10.5 Å². The summed E-state index contributed by atoms with van der Waals surface area (Å²) in [4.78, 5) is 15.5. The zero-order valence-corrected chi connectivity index (χ0v) is 13.3. The van der Waals surface area contributed by atoms with Crippen molar-refractivity contribution in [3.8, 4) is 0 Å². The monoisotopic (exact) mass is 291 g/mol. The van der Waals surface area contributed by atoms with Crippen molar-refractivity contribution in [1.29, 1.82) is 0 Å². The maximum Gasteiger partial charge on any atom is 0.306 e. The Labute approximate surface area is 126 Å². The summed E-state index contributed by atoms with van der Waals surface area (Å²) in [6.07, 6.45) is 0.914. The first-order chi connectivity index (χ1) is 9.88. The van der Waals surface area contributed by atoms with Crippen LogP contribution in [0.5, 0.6) is 0 Å². The van der Waals surface area contributed by atoms with Crippen LogP contribution < -0.4 is 11.1 Å². The van der Waals surface area contributed by atoms with Gasteiger partial charge in [0.15, 0.2) is 5.96 Å². The van der Waals surface area contributed by atoms with Crippen molar-refractivity contribution in [2.45, 2.75) is 46.6 Å². The quantitative estimate of drug-likeness (QED) is 0.366. The fourth-order valence-electron chi connectivity index (χ4n) is 1.75. The van der Waals surface area contributed by atoms with E-state index in [0.717, 1.165) is 5.69 Å². The van der Waals surface area contributed by atoms with Crippen LogP contribution in [0.4, 0.5) is 5.69 Å². The molecule has 5 nitrogen and oxygen atoms in total. The van der Waals surface area contributed by atoms with Crippen molar-refractivity contribution in [2.24, 2.45) is 10.7 Å². The molecule has 1 rings (SSSR count). The molecular weight excluding hydrogens is 266 g/mol. The highest BCUT2D eigenvalue weighted by Gasteiger charge is 2.04. The zero-order valence-electron chi connectivity index (χ0n) is 13.3. The van der Waals surface area contributed by atoms with E-state index in [2.05, 4.69) is 17.2 Å². The number of nitrogens with one attached hydrogen (secondary N) is 1. The molecule has 0 spiro atoms. The molecule has 0 aliphatic carbocycles. The van der Waals surface area contributed by atoms with Gasteiger partial charge in [-0.1, -0.05) is 6.07 Å². The van der Waals surface area contributed by atoms with Gasteiger partial charge < -0.3 is 15.8 Å². The lowest BCUT2D eigenvalue weighted by atomic mass is 10.1. The number of carbonyl (C=O) groups excluding carboxylic acids is 1. The first-order valence-corrected chi connectivity index (χ1v) is 7.22. The van der Waals surface area contributed by atoms with Gasteiger partial charge in [0.2, 0.25) is 0 Å². The second kappa shape index (κ2) is 8.29. The Morgan fingerprint density at radius 1 is 1.33 bits per heavy atom. The van der Waals surface area contributed by atoms with E-state index >= 15 is 0 Å². The Morgan fingerprint density at radius 2 is 2.05 bits per heavy atom. The molecule has 0 saturated carbocycles. The number of anilines is 1. The largest absolute Gasteiger partial charge is 0.463 e. The minimum Gasteiger partial charge on any atom is -0.463 e. The number of ether oxygens (including phenoxy) is 1. The smallest absolute Gasteiger partial charge is 0.306 e. The summed E-state index contributed by atoms with van der Waals surface area (Å²) in [6.45, 7) is 8.28. The lowest BCUT2D eigenvalue weighted by Crippen LogP contribution is -2.23. The van der Waals surface area contributed by atoms with Gasteiger partial charge in [0, 0.05) is 18.7 Å². The van der Waals surface area contributed by atoms with Crippen LogP contribution in [0.15, 0.2) is 23.2 Å². The summed E-state index contributed by atoms with van der Waals surface area (Å²) >= 11 is 0. The maximum absolute atomic E-state index is 11.3. The average Bonchev–Trinajstić information content (AvgIpc) is 2.38. The Hall–Kier alpha value is -2.04. The fraction of sp³-hybridized carbons (Fsp3) is 0.500. The van der Waals surface area contributed by atoms with Gasteiger partial charge in [-0.15, -0.1) is 0 Å². The highest BCUT2D eigenvalue weighted by atomic mass is 16.5. The number of aliphatic imine (C=N–C) groups is 1. The second-order valence-electron chi connectivity index (χ2n) is 5.33. The first kappa shape index (κ1) is 17.0. The number of nitrogens with two attached hydrogens (primary N) is 1. The molecular formula is C16H25N3O2. The maximum atomic E-state index is 11.3. The van der Waals surface area contributed by atoms with E-state index in [-0.39, 0.29) is 12.1 Å². The second-order valence-corrected chi connectivity index (χ2v) is 5.33. The van der Waals surface area contributed by atoms with Crippen LogP contribution in [-0.4, -0.2) is 24.6 Å². The minimum atomic E-state index is -0.194. The third-order valence-corrected chi connectivity index (χ3v) is 2.97. The lowest BCUT2D eigenvalue weighted by Gasteiger charge is -2.08. The molecule has 0 atom stereocenters. The van der Waals surface area contributed by atoms with E-state index in [1.54, 1.807) is 0 Å². The van der Waals surface area contributed by atoms with Crippen LogP contribution in [0.1, 0.15) is 37.8 Å². The van der Waals surface area contributed by atoms with E-state index in [1.165, 1.54) is 11.1 Å². The van der Waals surface area contributed by atoms with Gasteiger partial charge in [-0.3, -0.25) is 9.79 Å². The number of aryl methyl sites for hydroxylation is 2. The molecule has 1 aromatic carbocycles. The molecule has 0 unspecified atom stereocenters. The summed E-state index contributed by atoms with van der Waals surface area (Å²) in [7, 11) is 0. The summed E-state index contributed by atoms with van der Waals surface area (Å²) in [5, 5.41) is 3.04. The standard InChI is InChI=1S/C16H25N3O2/c1-11(2)21-15(20)6-5-9-18-16(17)19-14-8-7-12(3)13(4)10-14/h7-8,10-11H,5-6,9H2,1-4H3,(H3,17,18,19). The SMILES string of the molecule is Cc1ccc(NC(N)=NCCCC(=O)OC(C)C)cc1C. The van der Waals surface area contributed by atoms with E-state index in [0.29, 0.717) is 25.3 Å². The molecule has 0 fully saturated rings. The molecule has 1 aromatic rings. The summed E-state index contributed by atoms with van der Waals surface area (Å²) in [6, 6.07) is 6.02. The number of nitrogens with zero attached hydrogens (tertiary/aromatic N) is 1. The van der Waals surface area contributed by atoms with Gasteiger partial charge in [-0.05, 0) is 57.4 Å². The Kier molecular flexibility index (Phi) is 6.72. The number of esters is 1. The van der Waals surface area contributed by atoms with Crippen LogP contribution in [0, 0.1) is 13.8 Å². The molecule has 0 aliphatic heterocycles. The summed E-state index contributed by atoms with van der Waals surface area (Å²) in [5.74, 6) is 0.163. The van der Waals surface area contributed by atoms with Crippen LogP contribution in [0.25, 0.3) is 0 Å². The third kappa shape index (κ3) is 6.79. The number of rotatable bonds is 6. The number of carbonyl (C=O) groups is 1. The van der Waals surface area contributed by atoms with Crippen molar-refractivity contribution in [3.05, 3.63) is 29.3 Å². The Bertz CT molecular complexity index is 510. The summed E-state index contributed by atoms with van der Waals surface area (Å²) < 4.78 is 5.04. The zero-order chi connectivity index (χ0) is 15.8. The molecule has 0 heterocycles. The van der Waals surface area contributed by atoms with Gasteiger partial charge in [0.1, 0.15) is 0 Å². The molecule has 0 radical (unpaired) electrons. The van der Waals surface area contributed by atoms with Gasteiger partial charge in [-0.25, -0.2) is 0 Å². The molecule has 0 aromatic heterocycles. The van der Waals surface area contributed by atoms with Gasteiger partial charge >= 0.3 is 5.97 Å². The van der Waals surface area contributed by atoms with Crippen LogP contribution in [0.3, 0.4) is 0 Å². The highest BCUT2D eigenvalue weighted by molar-refractivity contribution is 5.92.